The molecule has 2 aliphatic heterocycles. The van der Waals surface area contributed by atoms with Crippen molar-refractivity contribution < 1.29 is 38.1 Å². The predicted octanol–water partition coefficient (Wildman–Crippen LogP) is 5.78. The first kappa shape index (κ1) is 43.3. The molecule has 16 nitrogen and oxygen atoms in total. The number of amides is 2. The molecule has 1 fully saturated rings. The number of hydrogen-bond donors (Lipinski definition) is 6. The molecule has 8 rings (SSSR count). The third-order valence-electron chi connectivity index (χ3n) is 11.7. The Morgan fingerprint density at radius 1 is 0.906 bits per heavy atom. The highest BCUT2D eigenvalue weighted by atomic mass is 19.4. The van der Waals surface area contributed by atoms with Crippen LogP contribution in [0.4, 0.5) is 30.6 Å². The van der Waals surface area contributed by atoms with Crippen LogP contribution in [0.25, 0.3) is 27.8 Å². The molecular weight excluding hydrogens is 834 g/mol. The number of aromatic amines is 1. The van der Waals surface area contributed by atoms with Crippen molar-refractivity contribution in [2.45, 2.75) is 58.8 Å². The van der Waals surface area contributed by atoms with E-state index in [1.165, 1.54) is 12.1 Å². The number of nitrogens with one attached hydrogen (secondary N) is 3. The minimum Gasteiger partial charge on any atom is -0.508 e. The van der Waals surface area contributed by atoms with Crippen LogP contribution in [0.3, 0.4) is 0 Å². The number of anilines is 3. The van der Waals surface area contributed by atoms with Gasteiger partial charge in [0.2, 0.25) is 17.8 Å². The Morgan fingerprint density at radius 2 is 1.67 bits per heavy atom. The van der Waals surface area contributed by atoms with Crippen molar-refractivity contribution in [2.24, 2.45) is 0 Å². The average Bonchev–Trinajstić information content (AvgIpc) is 3.64. The van der Waals surface area contributed by atoms with Crippen molar-refractivity contribution in [3.05, 3.63) is 105 Å². The summed E-state index contributed by atoms with van der Waals surface area (Å²) in [5.74, 6) is -0.374. The van der Waals surface area contributed by atoms with Gasteiger partial charge in [-0.3, -0.25) is 9.59 Å². The first-order valence-corrected chi connectivity index (χ1v) is 20.9. The first-order chi connectivity index (χ1) is 30.5. The van der Waals surface area contributed by atoms with E-state index in [1.807, 2.05) is 24.3 Å². The van der Waals surface area contributed by atoms with Crippen molar-refractivity contribution in [3.8, 4) is 34.3 Å². The Balaban J connectivity index is 0.985. The fraction of sp³-hybridized carbons (Fsp3) is 0.333. The van der Waals surface area contributed by atoms with Gasteiger partial charge in [-0.1, -0.05) is 44.2 Å². The van der Waals surface area contributed by atoms with Crippen LogP contribution in [-0.4, -0.2) is 96.0 Å². The molecule has 0 radical (unpaired) electrons. The number of aromatic hydroxyl groups is 3. The fourth-order valence-electron chi connectivity index (χ4n) is 8.37. The van der Waals surface area contributed by atoms with E-state index in [2.05, 4.69) is 30.6 Å². The lowest BCUT2D eigenvalue weighted by Gasteiger charge is -2.38. The van der Waals surface area contributed by atoms with Crippen molar-refractivity contribution in [2.75, 3.05) is 54.4 Å². The summed E-state index contributed by atoms with van der Waals surface area (Å²) in [6, 6.07) is 17.0. The molecule has 0 spiro atoms. The van der Waals surface area contributed by atoms with Gasteiger partial charge < -0.3 is 40.7 Å². The summed E-state index contributed by atoms with van der Waals surface area (Å²) in [6.07, 6.45) is -4.39. The molecule has 6 N–H and O–H groups in total. The molecule has 4 heterocycles. The second-order valence-electron chi connectivity index (χ2n) is 16.2. The summed E-state index contributed by atoms with van der Waals surface area (Å²) in [6.45, 7) is 7.98. The molecule has 19 heteroatoms. The van der Waals surface area contributed by atoms with E-state index in [0.29, 0.717) is 51.3 Å². The van der Waals surface area contributed by atoms with Gasteiger partial charge in [0.05, 0.1) is 29.1 Å². The molecule has 64 heavy (non-hydrogen) atoms. The highest BCUT2D eigenvalue weighted by Crippen LogP contribution is 2.40. The van der Waals surface area contributed by atoms with E-state index in [4.69, 9.17) is 9.97 Å². The molecule has 0 unspecified atom stereocenters. The van der Waals surface area contributed by atoms with E-state index >= 15 is 0 Å². The van der Waals surface area contributed by atoms with Crippen LogP contribution >= 0.6 is 0 Å². The molecular formula is C45H47F3N10O6. The largest absolute Gasteiger partial charge is 0.508 e. The van der Waals surface area contributed by atoms with Gasteiger partial charge in [0.1, 0.15) is 23.1 Å². The SMILES string of the molecule is CC(=O)N1CCN(c2nc(NCCC(=O)NCc3ccc(-n4c(-c5cc(C(C)C)c(O)cc5O)n[nH]c4=O)cc3C(F)(F)F)nc3c2CCN(c2cc(O)cc4ccccc24)C3)CC1. The van der Waals surface area contributed by atoms with Gasteiger partial charge in [-0.2, -0.15) is 23.3 Å². The minimum atomic E-state index is -4.87. The summed E-state index contributed by atoms with van der Waals surface area (Å²) >= 11 is 0. The lowest BCUT2D eigenvalue weighted by Crippen LogP contribution is -2.49. The molecule has 2 aliphatic rings. The molecule has 0 aliphatic carbocycles. The van der Waals surface area contributed by atoms with Crippen molar-refractivity contribution in [1.29, 1.82) is 0 Å². The van der Waals surface area contributed by atoms with Crippen LogP contribution in [0.1, 0.15) is 61.1 Å². The van der Waals surface area contributed by atoms with Crippen LogP contribution in [0.2, 0.25) is 0 Å². The third-order valence-corrected chi connectivity index (χ3v) is 11.7. The lowest BCUT2D eigenvalue weighted by atomic mass is 9.98. The number of aromatic nitrogens is 5. The Morgan fingerprint density at radius 3 is 2.41 bits per heavy atom. The first-order valence-electron chi connectivity index (χ1n) is 20.9. The summed E-state index contributed by atoms with van der Waals surface area (Å²) in [5, 5.41) is 45.3. The Kier molecular flexibility index (Phi) is 11.8. The molecule has 0 saturated carbocycles. The molecule has 0 atom stereocenters. The maximum Gasteiger partial charge on any atom is 0.416 e. The van der Waals surface area contributed by atoms with Gasteiger partial charge in [-0.15, -0.1) is 0 Å². The summed E-state index contributed by atoms with van der Waals surface area (Å²) in [7, 11) is 0. The van der Waals surface area contributed by atoms with Crippen LogP contribution < -0.4 is 26.1 Å². The highest BCUT2D eigenvalue weighted by Gasteiger charge is 2.35. The number of fused-ring (bicyclic) bond motifs is 2. The molecule has 4 aromatic carbocycles. The summed E-state index contributed by atoms with van der Waals surface area (Å²) in [5.41, 5.74) is 0.656. The number of carbonyl (C=O) groups excluding carboxylic acids is 2. The zero-order valence-corrected chi connectivity index (χ0v) is 35.3. The van der Waals surface area contributed by atoms with E-state index in [-0.39, 0.29) is 64.9 Å². The van der Waals surface area contributed by atoms with Crippen LogP contribution in [0, 0.1) is 0 Å². The van der Waals surface area contributed by atoms with E-state index in [0.717, 1.165) is 56.3 Å². The van der Waals surface area contributed by atoms with Gasteiger partial charge in [0, 0.05) is 87.9 Å². The number of carbonyl (C=O) groups is 2. The normalized spacial score (nSPS) is 14.3. The van der Waals surface area contributed by atoms with Crippen molar-refractivity contribution in [3.63, 3.8) is 0 Å². The van der Waals surface area contributed by atoms with Crippen LogP contribution in [-0.2, 0) is 35.3 Å². The lowest BCUT2D eigenvalue weighted by molar-refractivity contribution is -0.138. The Bertz CT molecular complexity index is 2820. The zero-order chi connectivity index (χ0) is 45.4. The quantitative estimate of drug-likeness (QED) is 0.0917. The average molecular weight is 881 g/mol. The third kappa shape index (κ3) is 8.82. The second-order valence-corrected chi connectivity index (χ2v) is 16.2. The van der Waals surface area contributed by atoms with Gasteiger partial charge in [-0.05, 0) is 53.1 Å². The highest BCUT2D eigenvalue weighted by molar-refractivity contribution is 5.95. The van der Waals surface area contributed by atoms with Gasteiger partial charge in [-0.25, -0.2) is 19.4 Å². The monoisotopic (exact) mass is 880 g/mol. The number of phenols is 3. The number of hydrogen-bond acceptors (Lipinski definition) is 12. The molecule has 6 aromatic rings. The number of nitrogens with zero attached hydrogens (tertiary/aromatic N) is 7. The van der Waals surface area contributed by atoms with Crippen molar-refractivity contribution in [1.82, 2.24) is 34.9 Å². The number of phenolic OH excluding ortho intramolecular Hbond substituents is 3. The fourth-order valence-corrected chi connectivity index (χ4v) is 8.37. The summed E-state index contributed by atoms with van der Waals surface area (Å²) in [4.78, 5) is 54.0. The summed E-state index contributed by atoms with van der Waals surface area (Å²) < 4.78 is 44.6. The van der Waals surface area contributed by atoms with Crippen molar-refractivity contribution >= 4 is 40.0 Å². The Labute approximate surface area is 365 Å². The van der Waals surface area contributed by atoms with Crippen LogP contribution in [0.15, 0.2) is 71.5 Å². The number of benzene rings is 4. The second kappa shape index (κ2) is 17.5. The number of alkyl halides is 3. The maximum atomic E-state index is 14.6. The zero-order valence-electron chi connectivity index (χ0n) is 35.3. The molecule has 2 aromatic heterocycles. The minimum absolute atomic E-state index is 0.000615. The van der Waals surface area contributed by atoms with Gasteiger partial charge >= 0.3 is 11.9 Å². The molecule has 334 valence electrons. The smallest absolute Gasteiger partial charge is 0.416 e. The van der Waals surface area contributed by atoms with E-state index in [9.17, 15) is 42.9 Å². The predicted molar refractivity (Wildman–Crippen MR) is 234 cm³/mol. The number of halogens is 3. The van der Waals surface area contributed by atoms with E-state index < -0.39 is 35.6 Å². The standard InChI is InChI=1S/C45H47F3N10O6/c1-25(2)33-21-34(39(62)22-38(33)61)42-53-54-44(64)58(42)29-9-8-28(35(19-29)45(46,47)48)23-50-40(63)10-12-49-43-51-36-24-57(37-20-30(60)18-27-6-4-5-7-31(27)37)13-11-32(36)41(52-43)56-16-14-55(15-17-56)26(3)59/h4-9,18-22,25,60-62H,10-17,23-24H2,1-3H3,(H,50,63)(H,54,64)(H,49,51,52). The topological polar surface area (TPSA) is 205 Å². The van der Waals surface area contributed by atoms with Gasteiger partial charge in [0.15, 0.2) is 5.82 Å². The molecule has 2 amide bonds. The molecule has 0 bridgehead atoms. The number of rotatable bonds is 11. The maximum absolute atomic E-state index is 14.6. The Hall–Kier alpha value is -7.31. The molecule has 1 saturated heterocycles. The van der Waals surface area contributed by atoms with Gasteiger partial charge in [0.25, 0.3) is 0 Å². The van der Waals surface area contributed by atoms with E-state index in [1.54, 1.807) is 37.8 Å². The van der Waals surface area contributed by atoms with Crippen LogP contribution in [0.5, 0.6) is 17.2 Å². The number of H-pyrrole nitrogens is 1. The number of piperazine rings is 1.